The average Bonchev–Trinajstić information content (AvgIpc) is 2.19. The Morgan fingerprint density at radius 3 is 2.79 bits per heavy atom. The molecule has 0 aromatic rings. The van der Waals surface area contributed by atoms with Crippen molar-refractivity contribution >= 4 is 5.91 Å². The summed E-state index contributed by atoms with van der Waals surface area (Å²) >= 11 is 0. The summed E-state index contributed by atoms with van der Waals surface area (Å²) in [6.07, 6.45) is 0. The molecular formula is C9H18N2O3. The Morgan fingerprint density at radius 1 is 1.57 bits per heavy atom. The first-order chi connectivity index (χ1) is 6.72. The summed E-state index contributed by atoms with van der Waals surface area (Å²) in [5.41, 5.74) is 0. The molecule has 0 saturated carbocycles. The molecule has 2 N–H and O–H groups in total. The van der Waals surface area contributed by atoms with Crippen LogP contribution in [0.2, 0.25) is 0 Å². The first-order valence-corrected chi connectivity index (χ1v) is 4.92. The fourth-order valence-electron chi connectivity index (χ4n) is 1.33. The van der Waals surface area contributed by atoms with Crippen LogP contribution in [0.15, 0.2) is 0 Å². The Morgan fingerprint density at radius 2 is 2.21 bits per heavy atom. The third kappa shape index (κ3) is 4.04. The number of nitrogens with one attached hydrogen (secondary N) is 1. The number of hydrogen-bond donors (Lipinski definition) is 2. The number of carbonyl (C=O) groups excluding carboxylic acids is 1. The molecule has 0 bridgehead atoms. The Kier molecular flexibility index (Phi) is 4.86. The smallest absolute Gasteiger partial charge is 0.234 e. The van der Waals surface area contributed by atoms with E-state index in [1.54, 1.807) is 6.92 Å². The van der Waals surface area contributed by atoms with Crippen LogP contribution < -0.4 is 5.32 Å². The topological polar surface area (TPSA) is 61.8 Å². The Labute approximate surface area is 84.0 Å². The second-order valence-corrected chi connectivity index (χ2v) is 3.54. The van der Waals surface area contributed by atoms with Crippen LogP contribution in [0.4, 0.5) is 0 Å². The Hall–Kier alpha value is -0.650. The third-order valence-corrected chi connectivity index (χ3v) is 2.15. The zero-order valence-corrected chi connectivity index (χ0v) is 8.53. The Balaban J connectivity index is 2.18. The molecular weight excluding hydrogens is 184 g/mol. The van der Waals surface area contributed by atoms with Crippen LogP contribution in [0.1, 0.15) is 6.92 Å². The first-order valence-electron chi connectivity index (χ1n) is 4.92. The molecule has 1 rings (SSSR count). The zero-order valence-electron chi connectivity index (χ0n) is 8.53. The molecule has 0 aliphatic carbocycles. The maximum atomic E-state index is 11.4. The molecule has 5 heteroatoms. The van der Waals surface area contributed by atoms with Gasteiger partial charge in [0, 0.05) is 19.1 Å². The van der Waals surface area contributed by atoms with E-state index in [4.69, 9.17) is 9.84 Å². The van der Waals surface area contributed by atoms with Crippen molar-refractivity contribution < 1.29 is 14.6 Å². The van der Waals surface area contributed by atoms with Crippen molar-refractivity contribution in [2.45, 2.75) is 13.0 Å². The summed E-state index contributed by atoms with van der Waals surface area (Å²) in [6, 6.07) is -0.163. The largest absolute Gasteiger partial charge is 0.394 e. The minimum atomic E-state index is -0.163. The van der Waals surface area contributed by atoms with Crippen LogP contribution in [0, 0.1) is 0 Å². The van der Waals surface area contributed by atoms with Gasteiger partial charge in [0.05, 0.1) is 26.4 Å². The van der Waals surface area contributed by atoms with Crippen molar-refractivity contribution in [3.8, 4) is 0 Å². The van der Waals surface area contributed by atoms with E-state index in [1.807, 2.05) is 4.90 Å². The van der Waals surface area contributed by atoms with Crippen LogP contribution in [0.5, 0.6) is 0 Å². The molecule has 5 nitrogen and oxygen atoms in total. The van der Waals surface area contributed by atoms with Gasteiger partial charge >= 0.3 is 0 Å². The highest BCUT2D eigenvalue weighted by Crippen LogP contribution is 1.95. The number of nitrogens with zero attached hydrogens (tertiary/aromatic N) is 1. The second kappa shape index (κ2) is 5.95. The number of morpholine rings is 1. The summed E-state index contributed by atoms with van der Waals surface area (Å²) in [5, 5.41) is 11.4. The zero-order chi connectivity index (χ0) is 10.4. The van der Waals surface area contributed by atoms with Crippen molar-refractivity contribution in [3.63, 3.8) is 0 Å². The minimum absolute atomic E-state index is 0.0190. The van der Waals surface area contributed by atoms with Crippen LogP contribution in [-0.2, 0) is 9.53 Å². The van der Waals surface area contributed by atoms with Gasteiger partial charge in [0.1, 0.15) is 0 Å². The molecule has 1 aliphatic heterocycles. The molecule has 1 atom stereocenters. The van der Waals surface area contributed by atoms with Gasteiger partial charge in [0.2, 0.25) is 5.91 Å². The highest BCUT2D eigenvalue weighted by Gasteiger charge is 2.14. The highest BCUT2D eigenvalue weighted by molar-refractivity contribution is 5.78. The summed E-state index contributed by atoms with van der Waals surface area (Å²) < 4.78 is 5.17. The molecule has 1 heterocycles. The van der Waals surface area contributed by atoms with E-state index < -0.39 is 0 Å². The van der Waals surface area contributed by atoms with Gasteiger partial charge in [-0.25, -0.2) is 0 Å². The molecule has 1 fully saturated rings. The van der Waals surface area contributed by atoms with Crippen molar-refractivity contribution in [1.29, 1.82) is 0 Å². The number of aliphatic hydroxyl groups excluding tert-OH is 1. The van der Waals surface area contributed by atoms with Crippen molar-refractivity contribution in [3.05, 3.63) is 0 Å². The summed E-state index contributed by atoms with van der Waals surface area (Å²) in [7, 11) is 0. The van der Waals surface area contributed by atoms with Crippen LogP contribution in [-0.4, -0.2) is 61.4 Å². The maximum Gasteiger partial charge on any atom is 0.234 e. The first kappa shape index (κ1) is 11.4. The second-order valence-electron chi connectivity index (χ2n) is 3.54. The molecule has 0 aromatic heterocycles. The summed E-state index contributed by atoms with van der Waals surface area (Å²) in [6.45, 7) is 5.16. The molecule has 1 amide bonds. The van der Waals surface area contributed by atoms with Crippen molar-refractivity contribution in [2.75, 3.05) is 39.5 Å². The summed E-state index contributed by atoms with van der Waals surface area (Å²) in [5.74, 6) is -0.0338. The third-order valence-electron chi connectivity index (χ3n) is 2.15. The normalized spacial score (nSPS) is 20.4. The SMILES string of the molecule is CC(CO)NC(=O)CN1CCOCC1. The van der Waals surface area contributed by atoms with Gasteiger partial charge in [-0.15, -0.1) is 0 Å². The van der Waals surface area contributed by atoms with E-state index in [0.29, 0.717) is 19.8 Å². The lowest BCUT2D eigenvalue weighted by Crippen LogP contribution is -2.45. The molecule has 1 unspecified atom stereocenters. The van der Waals surface area contributed by atoms with E-state index in [2.05, 4.69) is 5.32 Å². The van der Waals surface area contributed by atoms with Gasteiger partial charge in [-0.3, -0.25) is 9.69 Å². The van der Waals surface area contributed by atoms with E-state index in [9.17, 15) is 4.79 Å². The number of rotatable bonds is 4. The molecule has 0 aromatic carbocycles. The molecule has 1 aliphatic rings. The molecule has 0 radical (unpaired) electrons. The summed E-state index contributed by atoms with van der Waals surface area (Å²) in [4.78, 5) is 13.4. The van der Waals surface area contributed by atoms with Gasteiger partial charge in [0.25, 0.3) is 0 Å². The van der Waals surface area contributed by atoms with Crippen LogP contribution >= 0.6 is 0 Å². The average molecular weight is 202 g/mol. The van der Waals surface area contributed by atoms with E-state index in [1.165, 1.54) is 0 Å². The van der Waals surface area contributed by atoms with Crippen LogP contribution in [0.25, 0.3) is 0 Å². The lowest BCUT2D eigenvalue weighted by molar-refractivity contribution is -0.124. The van der Waals surface area contributed by atoms with Gasteiger partial charge in [-0.2, -0.15) is 0 Å². The molecule has 14 heavy (non-hydrogen) atoms. The van der Waals surface area contributed by atoms with Gasteiger partial charge in [0.15, 0.2) is 0 Å². The highest BCUT2D eigenvalue weighted by atomic mass is 16.5. The van der Waals surface area contributed by atoms with Crippen molar-refractivity contribution in [1.82, 2.24) is 10.2 Å². The lowest BCUT2D eigenvalue weighted by Gasteiger charge is -2.26. The molecule has 82 valence electrons. The van der Waals surface area contributed by atoms with E-state index in [-0.39, 0.29) is 18.6 Å². The molecule has 1 saturated heterocycles. The van der Waals surface area contributed by atoms with E-state index in [0.717, 1.165) is 13.1 Å². The van der Waals surface area contributed by atoms with Crippen molar-refractivity contribution in [2.24, 2.45) is 0 Å². The number of hydrogen-bond acceptors (Lipinski definition) is 4. The number of carbonyl (C=O) groups is 1. The number of amides is 1. The van der Waals surface area contributed by atoms with Gasteiger partial charge in [-0.05, 0) is 6.92 Å². The monoisotopic (exact) mass is 202 g/mol. The molecule has 0 spiro atoms. The minimum Gasteiger partial charge on any atom is -0.394 e. The van der Waals surface area contributed by atoms with Gasteiger partial charge in [-0.1, -0.05) is 0 Å². The van der Waals surface area contributed by atoms with Gasteiger partial charge < -0.3 is 15.2 Å². The fraction of sp³-hybridized carbons (Fsp3) is 0.889. The predicted octanol–water partition coefficient (Wildman–Crippen LogP) is -1.18. The predicted molar refractivity (Wildman–Crippen MR) is 51.9 cm³/mol. The lowest BCUT2D eigenvalue weighted by atomic mass is 10.3. The van der Waals surface area contributed by atoms with E-state index >= 15 is 0 Å². The van der Waals surface area contributed by atoms with Crippen LogP contribution in [0.3, 0.4) is 0 Å². The number of aliphatic hydroxyl groups is 1. The Bertz CT molecular complexity index is 181. The maximum absolute atomic E-state index is 11.4. The quantitative estimate of drug-likeness (QED) is 0.602. The standard InChI is InChI=1S/C9H18N2O3/c1-8(7-12)10-9(13)6-11-2-4-14-5-3-11/h8,12H,2-7H2,1H3,(H,10,13). The number of ether oxygens (including phenoxy) is 1. The fourth-order valence-corrected chi connectivity index (χ4v) is 1.33.